The maximum absolute atomic E-state index is 9.92. The van der Waals surface area contributed by atoms with E-state index >= 15 is 0 Å². The Labute approximate surface area is 150 Å². The average molecular weight is 388 g/mol. The molecule has 0 aromatic carbocycles. The van der Waals surface area contributed by atoms with Crippen LogP contribution in [-0.2, 0) is 48.0 Å². The summed E-state index contributed by atoms with van der Waals surface area (Å²) in [6.07, 6.45) is -0.235. The second kappa shape index (κ2) is 19.5. The number of methoxy groups -OCH3 is 2. The van der Waals surface area contributed by atoms with E-state index in [1.54, 1.807) is 14.2 Å². The Bertz CT molecular complexity index is 260. The topological polar surface area (TPSA) is 117 Å². The van der Waals surface area contributed by atoms with Crippen molar-refractivity contribution in [3.8, 4) is 0 Å². The monoisotopic (exact) mass is 386 g/mol. The van der Waals surface area contributed by atoms with Crippen molar-refractivity contribution in [1.29, 1.82) is 0 Å². The predicted molar refractivity (Wildman–Crippen MR) is 73.8 cm³/mol. The van der Waals surface area contributed by atoms with E-state index in [2.05, 4.69) is 0 Å². The summed E-state index contributed by atoms with van der Waals surface area (Å²) in [5.74, 6) is -2.18. The van der Waals surface area contributed by atoms with Crippen molar-refractivity contribution in [2.75, 3.05) is 40.6 Å². The Hall–Kier alpha value is -0.597. The van der Waals surface area contributed by atoms with E-state index in [-0.39, 0.29) is 57.7 Å². The van der Waals surface area contributed by atoms with Crippen molar-refractivity contribution in [2.45, 2.75) is 38.9 Å². The fourth-order valence-electron chi connectivity index (χ4n) is 1.25. The normalized spacial score (nSPS) is 12.3. The molecule has 2 atom stereocenters. The predicted octanol–water partition coefficient (Wildman–Crippen LogP) is -1.65. The van der Waals surface area contributed by atoms with Gasteiger partial charge in [-0.05, 0) is 13.8 Å². The van der Waals surface area contributed by atoms with Gasteiger partial charge in [0.2, 0.25) is 0 Å². The molecule has 0 saturated carbocycles. The van der Waals surface area contributed by atoms with Crippen molar-refractivity contribution in [3.05, 3.63) is 0 Å². The molecule has 0 aromatic rings. The Morgan fingerprint density at radius 1 is 0.826 bits per heavy atom. The van der Waals surface area contributed by atoms with Gasteiger partial charge in [0.15, 0.2) is 0 Å². The van der Waals surface area contributed by atoms with Crippen LogP contribution in [0.4, 0.5) is 0 Å². The molecule has 0 saturated heterocycles. The molecule has 0 aliphatic rings. The van der Waals surface area contributed by atoms with Gasteiger partial charge in [-0.1, -0.05) is 0 Å². The molecule has 0 amide bonds. The first-order valence-corrected chi connectivity index (χ1v) is 6.94. The average Bonchev–Trinajstić information content (AvgIpc) is 2.39. The van der Waals surface area contributed by atoms with Gasteiger partial charge in [0.05, 0.1) is 38.6 Å². The van der Waals surface area contributed by atoms with Crippen LogP contribution in [0.25, 0.3) is 0 Å². The summed E-state index contributed by atoms with van der Waals surface area (Å²) in [7, 11) is 3.14. The largest absolute Gasteiger partial charge is 2.00 e. The molecule has 0 spiro atoms. The van der Waals surface area contributed by atoms with E-state index in [1.807, 2.05) is 13.8 Å². The van der Waals surface area contributed by atoms with E-state index in [0.717, 1.165) is 0 Å². The first kappa shape index (κ1) is 27.3. The van der Waals surface area contributed by atoms with Gasteiger partial charge in [0.25, 0.3) is 0 Å². The molecule has 23 heavy (non-hydrogen) atoms. The number of hydrogen-bond donors (Lipinski definition) is 0. The van der Waals surface area contributed by atoms with Crippen LogP contribution in [0.15, 0.2) is 0 Å². The van der Waals surface area contributed by atoms with Gasteiger partial charge in [-0.25, -0.2) is 0 Å². The molecule has 9 heteroatoms. The molecular weight excluding hydrogens is 362 g/mol. The van der Waals surface area contributed by atoms with Gasteiger partial charge in [-0.15, -0.1) is 0 Å². The number of aliphatic carboxylic acids is 2. The van der Waals surface area contributed by atoms with Crippen LogP contribution >= 0.6 is 0 Å². The van der Waals surface area contributed by atoms with Crippen LogP contribution in [-0.4, -0.2) is 64.8 Å². The van der Waals surface area contributed by atoms with Crippen LogP contribution in [0.1, 0.15) is 26.7 Å². The molecule has 8 nitrogen and oxygen atoms in total. The summed E-state index contributed by atoms with van der Waals surface area (Å²) >= 11 is 0. The molecule has 2 unspecified atom stereocenters. The third-order valence-corrected chi connectivity index (χ3v) is 2.22. The maximum atomic E-state index is 9.92. The number of carbonyl (C=O) groups excluding carboxylic acids is 2. The van der Waals surface area contributed by atoms with Crippen LogP contribution in [0.5, 0.6) is 0 Å². The molecule has 132 valence electrons. The zero-order chi connectivity index (χ0) is 17.4. The van der Waals surface area contributed by atoms with E-state index in [4.69, 9.17) is 18.9 Å². The van der Waals surface area contributed by atoms with Crippen molar-refractivity contribution < 1.29 is 58.2 Å². The van der Waals surface area contributed by atoms with Gasteiger partial charge in [-0.3, -0.25) is 0 Å². The number of carboxylic acid groups (broad SMARTS) is 2. The SMILES string of the molecule is COCC(C)OCCC(=O)[O-].COCC(C)OCCC(=O)[O-].[Zn+2]. The molecule has 0 bridgehead atoms. The van der Waals surface area contributed by atoms with E-state index < -0.39 is 11.9 Å². The zero-order valence-electron chi connectivity index (χ0n) is 14.4. The summed E-state index contributed by atoms with van der Waals surface area (Å²) in [5, 5.41) is 19.8. The molecular formula is C14H26O8Zn. The zero-order valence-corrected chi connectivity index (χ0v) is 17.3. The molecule has 0 aromatic heterocycles. The first-order chi connectivity index (χ1) is 10.3. The number of carbonyl (C=O) groups is 2. The standard InChI is InChI=1S/2C7H14O4.Zn/c2*1-6(5-10-2)11-4-3-7(8)9;/h2*6H,3-5H2,1-2H3,(H,8,9);/q;;+2/p-2. The minimum Gasteiger partial charge on any atom is -0.550 e. The van der Waals surface area contributed by atoms with E-state index in [1.165, 1.54) is 0 Å². The second-order valence-electron chi connectivity index (χ2n) is 4.52. The molecule has 0 rings (SSSR count). The van der Waals surface area contributed by atoms with Crippen LogP contribution in [0.2, 0.25) is 0 Å². The molecule has 0 aliphatic heterocycles. The third-order valence-electron chi connectivity index (χ3n) is 2.22. The minimum absolute atomic E-state index is 0. The fraction of sp³-hybridized carbons (Fsp3) is 0.857. The van der Waals surface area contributed by atoms with Crippen molar-refractivity contribution in [3.63, 3.8) is 0 Å². The summed E-state index contributed by atoms with van der Waals surface area (Å²) in [4.78, 5) is 19.8. The third kappa shape index (κ3) is 26.6. The van der Waals surface area contributed by atoms with Crippen LogP contribution in [0.3, 0.4) is 0 Å². The van der Waals surface area contributed by atoms with Crippen molar-refractivity contribution in [2.24, 2.45) is 0 Å². The summed E-state index contributed by atoms with van der Waals surface area (Å²) in [6, 6.07) is 0. The Morgan fingerprint density at radius 3 is 1.35 bits per heavy atom. The van der Waals surface area contributed by atoms with Crippen molar-refractivity contribution >= 4 is 11.9 Å². The summed E-state index contributed by atoms with van der Waals surface area (Å²) in [6.45, 7) is 4.97. The van der Waals surface area contributed by atoms with Crippen LogP contribution in [0, 0.1) is 0 Å². The maximum Gasteiger partial charge on any atom is 2.00 e. The quantitative estimate of drug-likeness (QED) is 0.366. The summed E-state index contributed by atoms with van der Waals surface area (Å²) in [5.41, 5.74) is 0. The Balaban J connectivity index is -0.000000333. The molecule has 0 radical (unpaired) electrons. The number of carboxylic acids is 2. The number of hydrogen-bond acceptors (Lipinski definition) is 8. The van der Waals surface area contributed by atoms with Gasteiger partial charge >= 0.3 is 19.5 Å². The molecule has 0 aliphatic carbocycles. The number of ether oxygens (including phenoxy) is 4. The van der Waals surface area contributed by atoms with Gasteiger partial charge < -0.3 is 38.7 Å². The van der Waals surface area contributed by atoms with E-state index in [9.17, 15) is 19.8 Å². The number of rotatable bonds is 12. The van der Waals surface area contributed by atoms with Gasteiger partial charge in [0.1, 0.15) is 0 Å². The van der Waals surface area contributed by atoms with Crippen molar-refractivity contribution in [1.82, 2.24) is 0 Å². The van der Waals surface area contributed by atoms with E-state index in [0.29, 0.717) is 13.2 Å². The minimum atomic E-state index is -1.09. The first-order valence-electron chi connectivity index (χ1n) is 6.94. The van der Waals surface area contributed by atoms with Crippen LogP contribution < -0.4 is 10.2 Å². The smallest absolute Gasteiger partial charge is 0.550 e. The second-order valence-corrected chi connectivity index (χ2v) is 4.52. The molecule has 0 fully saturated rings. The van der Waals surface area contributed by atoms with Gasteiger partial charge in [-0.2, -0.15) is 0 Å². The molecule has 0 N–H and O–H groups in total. The van der Waals surface area contributed by atoms with Gasteiger partial charge in [0, 0.05) is 39.0 Å². The Morgan fingerprint density at radius 2 is 1.13 bits per heavy atom. The molecule has 0 heterocycles. The summed E-state index contributed by atoms with van der Waals surface area (Å²) < 4.78 is 19.6. The Kier molecular flexibility index (Phi) is 23.1. The fourth-order valence-corrected chi connectivity index (χ4v) is 1.25.